The summed E-state index contributed by atoms with van der Waals surface area (Å²) in [6, 6.07) is 13.7. The summed E-state index contributed by atoms with van der Waals surface area (Å²) in [5.74, 6) is 0. The zero-order valence-corrected chi connectivity index (χ0v) is 11.9. The minimum absolute atomic E-state index is 0.0574. The molecule has 0 aliphatic rings. The molecule has 1 atom stereocenters. The topological polar surface area (TPSA) is 56.7 Å². The average Bonchev–Trinajstić information content (AvgIpc) is 2.82. The van der Waals surface area contributed by atoms with Gasteiger partial charge in [0.05, 0.1) is 11.2 Å². The molecule has 0 radical (unpaired) electrons. The molecule has 102 valence electrons. The van der Waals surface area contributed by atoms with Gasteiger partial charge in [-0.05, 0) is 49.2 Å². The van der Waals surface area contributed by atoms with Gasteiger partial charge in [0, 0.05) is 11.1 Å². The number of halogens is 1. The van der Waals surface area contributed by atoms with Crippen molar-refractivity contribution < 1.29 is 0 Å². The molecule has 0 saturated carbocycles. The van der Waals surface area contributed by atoms with Crippen LogP contribution in [0.4, 0.5) is 0 Å². The maximum atomic E-state index is 6.09. The SMILES string of the molecule is CC(N)Cc1cc(Cl)ccc1-n1nnc2ccccc21. The van der Waals surface area contributed by atoms with Gasteiger partial charge in [-0.1, -0.05) is 28.9 Å². The fourth-order valence-corrected chi connectivity index (χ4v) is 2.51. The maximum Gasteiger partial charge on any atom is 0.113 e. The number of hydrogen-bond donors (Lipinski definition) is 1. The van der Waals surface area contributed by atoms with Crippen molar-refractivity contribution in [2.75, 3.05) is 0 Å². The van der Waals surface area contributed by atoms with Crippen LogP contribution < -0.4 is 5.73 Å². The molecular formula is C15H15ClN4. The molecule has 4 nitrogen and oxygen atoms in total. The normalized spacial score (nSPS) is 12.8. The Balaban J connectivity index is 2.18. The molecule has 0 aliphatic heterocycles. The standard InChI is InChI=1S/C15H15ClN4/c1-10(17)8-11-9-12(16)6-7-14(11)20-15-5-3-2-4-13(15)18-19-20/h2-7,9-10H,8,17H2,1H3. The van der Waals surface area contributed by atoms with Crippen molar-refractivity contribution in [1.29, 1.82) is 0 Å². The van der Waals surface area contributed by atoms with E-state index in [1.165, 1.54) is 0 Å². The van der Waals surface area contributed by atoms with Crippen LogP contribution in [0.1, 0.15) is 12.5 Å². The van der Waals surface area contributed by atoms with E-state index in [1.54, 1.807) is 0 Å². The van der Waals surface area contributed by atoms with Gasteiger partial charge >= 0.3 is 0 Å². The third kappa shape index (κ3) is 2.40. The van der Waals surface area contributed by atoms with Crippen molar-refractivity contribution in [3.8, 4) is 5.69 Å². The Labute approximate surface area is 122 Å². The number of nitrogens with zero attached hydrogens (tertiary/aromatic N) is 3. The van der Waals surface area contributed by atoms with Crippen molar-refractivity contribution in [3.63, 3.8) is 0 Å². The number of para-hydroxylation sites is 1. The first-order valence-corrected chi connectivity index (χ1v) is 6.88. The van der Waals surface area contributed by atoms with Gasteiger partial charge in [0.1, 0.15) is 5.52 Å². The fourth-order valence-electron chi connectivity index (χ4n) is 2.32. The van der Waals surface area contributed by atoms with Gasteiger partial charge in [-0.2, -0.15) is 0 Å². The Morgan fingerprint density at radius 1 is 1.25 bits per heavy atom. The summed E-state index contributed by atoms with van der Waals surface area (Å²) in [4.78, 5) is 0. The van der Waals surface area contributed by atoms with Gasteiger partial charge in [-0.25, -0.2) is 4.68 Å². The van der Waals surface area contributed by atoms with Gasteiger partial charge in [-0.3, -0.25) is 0 Å². The van der Waals surface area contributed by atoms with Gasteiger partial charge in [0.15, 0.2) is 0 Å². The van der Waals surface area contributed by atoms with Crippen LogP contribution in [0.5, 0.6) is 0 Å². The van der Waals surface area contributed by atoms with Crippen LogP contribution in [-0.4, -0.2) is 21.0 Å². The van der Waals surface area contributed by atoms with Crippen LogP contribution in [-0.2, 0) is 6.42 Å². The van der Waals surface area contributed by atoms with Crippen LogP contribution in [0.3, 0.4) is 0 Å². The second-order valence-corrected chi connectivity index (χ2v) is 5.38. The predicted octanol–water partition coefficient (Wildman–Crippen LogP) is 2.96. The molecule has 0 amide bonds. The predicted molar refractivity (Wildman–Crippen MR) is 81.2 cm³/mol. The van der Waals surface area contributed by atoms with Crippen molar-refractivity contribution in [3.05, 3.63) is 53.1 Å². The molecule has 0 fully saturated rings. The number of nitrogens with two attached hydrogens (primary N) is 1. The lowest BCUT2D eigenvalue weighted by Gasteiger charge is -2.12. The number of hydrogen-bond acceptors (Lipinski definition) is 3. The first-order chi connectivity index (χ1) is 9.65. The smallest absolute Gasteiger partial charge is 0.113 e. The number of benzene rings is 2. The van der Waals surface area contributed by atoms with E-state index in [2.05, 4.69) is 10.3 Å². The van der Waals surface area contributed by atoms with E-state index in [-0.39, 0.29) is 6.04 Å². The summed E-state index contributed by atoms with van der Waals surface area (Å²) in [5, 5.41) is 9.14. The molecule has 3 rings (SSSR count). The molecule has 3 aromatic rings. The van der Waals surface area contributed by atoms with E-state index >= 15 is 0 Å². The van der Waals surface area contributed by atoms with Crippen LogP contribution in [0.15, 0.2) is 42.5 Å². The maximum absolute atomic E-state index is 6.09. The third-order valence-corrected chi connectivity index (χ3v) is 3.40. The summed E-state index contributed by atoms with van der Waals surface area (Å²) in [6.45, 7) is 1.98. The van der Waals surface area contributed by atoms with Crippen molar-refractivity contribution in [1.82, 2.24) is 15.0 Å². The minimum Gasteiger partial charge on any atom is -0.328 e. The van der Waals surface area contributed by atoms with Crippen LogP contribution in [0, 0.1) is 0 Å². The Bertz CT molecular complexity index is 748. The lowest BCUT2D eigenvalue weighted by molar-refractivity contribution is 0.725. The number of rotatable bonds is 3. The average molecular weight is 287 g/mol. The summed E-state index contributed by atoms with van der Waals surface area (Å²) >= 11 is 6.09. The number of fused-ring (bicyclic) bond motifs is 1. The van der Waals surface area contributed by atoms with Crippen molar-refractivity contribution in [2.45, 2.75) is 19.4 Å². The molecule has 1 unspecified atom stereocenters. The second-order valence-electron chi connectivity index (χ2n) is 4.94. The quantitative estimate of drug-likeness (QED) is 0.805. The summed E-state index contributed by atoms with van der Waals surface area (Å²) in [5.41, 5.74) is 9.81. The summed E-state index contributed by atoms with van der Waals surface area (Å²) < 4.78 is 1.84. The van der Waals surface area contributed by atoms with Gasteiger partial charge in [0.25, 0.3) is 0 Å². The molecule has 0 bridgehead atoms. The summed E-state index contributed by atoms with van der Waals surface area (Å²) in [6.07, 6.45) is 0.740. The zero-order valence-electron chi connectivity index (χ0n) is 11.1. The monoisotopic (exact) mass is 286 g/mol. The largest absolute Gasteiger partial charge is 0.328 e. The highest BCUT2D eigenvalue weighted by molar-refractivity contribution is 6.30. The van der Waals surface area contributed by atoms with Crippen LogP contribution in [0.2, 0.25) is 5.02 Å². The van der Waals surface area contributed by atoms with E-state index < -0.39 is 0 Å². The first-order valence-electron chi connectivity index (χ1n) is 6.50. The molecule has 5 heteroatoms. The van der Waals surface area contributed by atoms with Crippen LogP contribution in [0.25, 0.3) is 16.7 Å². The van der Waals surface area contributed by atoms with E-state index in [0.29, 0.717) is 5.02 Å². The molecule has 0 aliphatic carbocycles. The molecule has 2 aromatic carbocycles. The van der Waals surface area contributed by atoms with E-state index in [1.807, 2.05) is 54.1 Å². The molecule has 1 heterocycles. The molecule has 0 spiro atoms. The Morgan fingerprint density at radius 3 is 2.85 bits per heavy atom. The van der Waals surface area contributed by atoms with E-state index in [9.17, 15) is 0 Å². The van der Waals surface area contributed by atoms with Gasteiger partial charge in [0.2, 0.25) is 0 Å². The molecular weight excluding hydrogens is 272 g/mol. The van der Waals surface area contributed by atoms with Gasteiger partial charge in [-0.15, -0.1) is 5.10 Å². The number of aromatic nitrogens is 3. The Morgan fingerprint density at radius 2 is 2.05 bits per heavy atom. The summed E-state index contributed by atoms with van der Waals surface area (Å²) in [7, 11) is 0. The van der Waals surface area contributed by atoms with Crippen molar-refractivity contribution in [2.24, 2.45) is 5.73 Å². The molecule has 0 saturated heterocycles. The lowest BCUT2D eigenvalue weighted by atomic mass is 10.1. The highest BCUT2D eigenvalue weighted by atomic mass is 35.5. The molecule has 1 aromatic heterocycles. The lowest BCUT2D eigenvalue weighted by Crippen LogP contribution is -2.19. The van der Waals surface area contributed by atoms with E-state index in [0.717, 1.165) is 28.7 Å². The van der Waals surface area contributed by atoms with Crippen molar-refractivity contribution >= 4 is 22.6 Å². The minimum atomic E-state index is 0.0574. The zero-order chi connectivity index (χ0) is 14.1. The third-order valence-electron chi connectivity index (χ3n) is 3.16. The Hall–Kier alpha value is -1.91. The van der Waals surface area contributed by atoms with Gasteiger partial charge < -0.3 is 5.73 Å². The fraction of sp³-hybridized carbons (Fsp3) is 0.200. The highest BCUT2D eigenvalue weighted by Crippen LogP contribution is 2.23. The highest BCUT2D eigenvalue weighted by Gasteiger charge is 2.12. The first kappa shape index (κ1) is 13.1. The van der Waals surface area contributed by atoms with E-state index in [4.69, 9.17) is 17.3 Å². The second kappa shape index (κ2) is 5.23. The molecule has 2 N–H and O–H groups in total. The van der Waals surface area contributed by atoms with Crippen LogP contribution >= 0.6 is 11.6 Å². The molecule has 20 heavy (non-hydrogen) atoms. The Kier molecular flexibility index (Phi) is 3.42.